The van der Waals surface area contributed by atoms with Gasteiger partial charge in [0.15, 0.2) is 0 Å². The average Bonchev–Trinajstić information content (AvgIpc) is 2.27. The van der Waals surface area contributed by atoms with Crippen molar-refractivity contribution in [3.05, 3.63) is 18.2 Å². The van der Waals surface area contributed by atoms with Gasteiger partial charge in [-0.25, -0.2) is 0 Å². The number of hydrogen-bond acceptors (Lipinski definition) is 3. The standard InChI is InChI=1S/C14H21NO2/c1-3-16-12-8-9-14(17-4-2)13(10-12)15-11-6-5-7-11/h8-11,15H,3-7H2,1-2H3. The van der Waals surface area contributed by atoms with Crippen LogP contribution in [0.5, 0.6) is 11.5 Å². The Morgan fingerprint density at radius 1 is 1.18 bits per heavy atom. The Hall–Kier alpha value is -1.38. The summed E-state index contributed by atoms with van der Waals surface area (Å²) in [5.41, 5.74) is 1.06. The molecule has 1 fully saturated rings. The van der Waals surface area contributed by atoms with Crippen LogP contribution in [0.1, 0.15) is 33.1 Å². The van der Waals surface area contributed by atoms with Crippen molar-refractivity contribution in [2.45, 2.75) is 39.2 Å². The summed E-state index contributed by atoms with van der Waals surface area (Å²) in [6, 6.07) is 6.58. The minimum atomic E-state index is 0.603. The van der Waals surface area contributed by atoms with Gasteiger partial charge in [0, 0.05) is 12.1 Å². The van der Waals surface area contributed by atoms with E-state index in [1.165, 1.54) is 19.3 Å². The maximum absolute atomic E-state index is 5.62. The van der Waals surface area contributed by atoms with E-state index < -0.39 is 0 Å². The molecular weight excluding hydrogens is 214 g/mol. The van der Waals surface area contributed by atoms with E-state index in [-0.39, 0.29) is 0 Å². The van der Waals surface area contributed by atoms with Crippen molar-refractivity contribution in [2.24, 2.45) is 0 Å². The smallest absolute Gasteiger partial charge is 0.142 e. The quantitative estimate of drug-likeness (QED) is 0.819. The van der Waals surface area contributed by atoms with Crippen molar-refractivity contribution in [3.63, 3.8) is 0 Å². The monoisotopic (exact) mass is 235 g/mol. The molecule has 0 aliphatic heterocycles. The lowest BCUT2D eigenvalue weighted by atomic mass is 9.93. The highest BCUT2D eigenvalue weighted by atomic mass is 16.5. The molecule has 3 heteroatoms. The summed E-state index contributed by atoms with van der Waals surface area (Å²) in [5.74, 6) is 1.82. The van der Waals surface area contributed by atoms with Gasteiger partial charge in [0.05, 0.1) is 18.9 Å². The van der Waals surface area contributed by atoms with Crippen LogP contribution in [0.15, 0.2) is 18.2 Å². The first-order valence-electron chi connectivity index (χ1n) is 6.49. The second-order valence-electron chi connectivity index (χ2n) is 4.30. The number of hydrogen-bond donors (Lipinski definition) is 1. The minimum Gasteiger partial charge on any atom is -0.494 e. The third-order valence-corrected chi connectivity index (χ3v) is 3.03. The SMILES string of the molecule is CCOc1ccc(OCC)c(NC2CCC2)c1. The number of rotatable bonds is 6. The molecule has 1 aliphatic carbocycles. The highest BCUT2D eigenvalue weighted by molar-refractivity contribution is 5.60. The maximum Gasteiger partial charge on any atom is 0.142 e. The Morgan fingerprint density at radius 3 is 2.53 bits per heavy atom. The molecule has 0 unspecified atom stereocenters. The summed E-state index contributed by atoms with van der Waals surface area (Å²) in [5, 5.41) is 3.53. The van der Waals surface area contributed by atoms with Crippen molar-refractivity contribution >= 4 is 5.69 Å². The van der Waals surface area contributed by atoms with Gasteiger partial charge in [0.25, 0.3) is 0 Å². The van der Waals surface area contributed by atoms with Crippen molar-refractivity contribution in [3.8, 4) is 11.5 Å². The van der Waals surface area contributed by atoms with Crippen LogP contribution in [0.2, 0.25) is 0 Å². The van der Waals surface area contributed by atoms with Gasteiger partial charge < -0.3 is 14.8 Å². The number of nitrogens with one attached hydrogen (secondary N) is 1. The first kappa shape index (κ1) is 12.1. The first-order chi connectivity index (χ1) is 8.33. The minimum absolute atomic E-state index is 0.603. The largest absolute Gasteiger partial charge is 0.494 e. The van der Waals surface area contributed by atoms with E-state index in [2.05, 4.69) is 5.32 Å². The van der Waals surface area contributed by atoms with Gasteiger partial charge in [0.1, 0.15) is 11.5 Å². The van der Waals surface area contributed by atoms with Crippen LogP contribution in [0.3, 0.4) is 0 Å². The van der Waals surface area contributed by atoms with Crippen molar-refractivity contribution in [1.29, 1.82) is 0 Å². The third-order valence-electron chi connectivity index (χ3n) is 3.03. The predicted molar refractivity (Wildman–Crippen MR) is 70.0 cm³/mol. The number of benzene rings is 1. The Morgan fingerprint density at radius 2 is 1.94 bits per heavy atom. The topological polar surface area (TPSA) is 30.5 Å². The summed E-state index contributed by atoms with van der Waals surface area (Å²) in [6.45, 7) is 5.38. The molecule has 0 bridgehead atoms. The highest BCUT2D eigenvalue weighted by Gasteiger charge is 2.18. The van der Waals surface area contributed by atoms with E-state index in [1.54, 1.807) is 0 Å². The van der Waals surface area contributed by atoms with Crippen molar-refractivity contribution < 1.29 is 9.47 Å². The van der Waals surface area contributed by atoms with E-state index in [4.69, 9.17) is 9.47 Å². The lowest BCUT2D eigenvalue weighted by molar-refractivity contribution is 0.330. The van der Waals surface area contributed by atoms with E-state index >= 15 is 0 Å². The second kappa shape index (κ2) is 5.80. The van der Waals surface area contributed by atoms with Gasteiger partial charge in [-0.05, 0) is 45.2 Å². The zero-order valence-corrected chi connectivity index (χ0v) is 10.7. The van der Waals surface area contributed by atoms with Crippen LogP contribution in [-0.2, 0) is 0 Å². The zero-order chi connectivity index (χ0) is 12.1. The molecule has 1 aromatic rings. The highest BCUT2D eigenvalue weighted by Crippen LogP contribution is 2.33. The molecule has 0 spiro atoms. The van der Waals surface area contributed by atoms with Gasteiger partial charge in [-0.3, -0.25) is 0 Å². The molecule has 0 amide bonds. The van der Waals surface area contributed by atoms with E-state index in [9.17, 15) is 0 Å². The Labute approximate surface area is 103 Å². The molecule has 2 rings (SSSR count). The fraction of sp³-hybridized carbons (Fsp3) is 0.571. The number of anilines is 1. The normalized spacial score (nSPS) is 15.2. The first-order valence-corrected chi connectivity index (χ1v) is 6.49. The summed E-state index contributed by atoms with van der Waals surface area (Å²) in [6.07, 6.45) is 3.83. The van der Waals surface area contributed by atoms with Crippen LogP contribution in [0, 0.1) is 0 Å². The zero-order valence-electron chi connectivity index (χ0n) is 10.7. The van der Waals surface area contributed by atoms with Crippen LogP contribution < -0.4 is 14.8 Å². The van der Waals surface area contributed by atoms with Crippen LogP contribution in [0.4, 0.5) is 5.69 Å². The summed E-state index contributed by atoms with van der Waals surface area (Å²) in [4.78, 5) is 0. The predicted octanol–water partition coefficient (Wildman–Crippen LogP) is 3.45. The lowest BCUT2D eigenvalue weighted by Gasteiger charge is -2.28. The Balaban J connectivity index is 2.13. The van der Waals surface area contributed by atoms with Gasteiger partial charge in [-0.15, -0.1) is 0 Å². The van der Waals surface area contributed by atoms with Gasteiger partial charge in [-0.1, -0.05) is 0 Å². The molecule has 0 aromatic heterocycles. The molecule has 0 saturated heterocycles. The van der Waals surface area contributed by atoms with Crippen LogP contribution in [-0.4, -0.2) is 19.3 Å². The molecule has 1 aromatic carbocycles. The van der Waals surface area contributed by atoms with Crippen molar-refractivity contribution in [2.75, 3.05) is 18.5 Å². The Bertz CT molecular complexity index is 361. The molecule has 17 heavy (non-hydrogen) atoms. The molecule has 94 valence electrons. The van der Waals surface area contributed by atoms with Crippen LogP contribution >= 0.6 is 0 Å². The molecular formula is C14H21NO2. The molecule has 3 nitrogen and oxygen atoms in total. The fourth-order valence-electron chi connectivity index (χ4n) is 1.93. The Kier molecular flexibility index (Phi) is 4.13. The molecule has 0 heterocycles. The molecule has 1 aliphatic rings. The fourth-order valence-corrected chi connectivity index (χ4v) is 1.93. The molecule has 0 radical (unpaired) electrons. The summed E-state index contributed by atoms with van der Waals surface area (Å²) in [7, 11) is 0. The maximum atomic E-state index is 5.62. The van der Waals surface area contributed by atoms with E-state index in [1.807, 2.05) is 32.0 Å². The molecule has 1 saturated carbocycles. The average molecular weight is 235 g/mol. The summed E-state index contributed by atoms with van der Waals surface area (Å²) < 4.78 is 11.1. The molecule has 0 atom stereocenters. The van der Waals surface area contributed by atoms with Gasteiger partial charge in [0.2, 0.25) is 0 Å². The van der Waals surface area contributed by atoms with E-state index in [0.717, 1.165) is 17.2 Å². The third kappa shape index (κ3) is 3.05. The van der Waals surface area contributed by atoms with E-state index in [0.29, 0.717) is 19.3 Å². The second-order valence-corrected chi connectivity index (χ2v) is 4.30. The van der Waals surface area contributed by atoms with Gasteiger partial charge >= 0.3 is 0 Å². The van der Waals surface area contributed by atoms with Crippen LogP contribution in [0.25, 0.3) is 0 Å². The van der Waals surface area contributed by atoms with Crippen molar-refractivity contribution in [1.82, 2.24) is 0 Å². The molecule has 1 N–H and O–H groups in total. The van der Waals surface area contributed by atoms with Gasteiger partial charge in [-0.2, -0.15) is 0 Å². The lowest BCUT2D eigenvalue weighted by Crippen LogP contribution is -2.27. The summed E-state index contributed by atoms with van der Waals surface area (Å²) >= 11 is 0. The number of ether oxygens (including phenoxy) is 2.